The van der Waals surface area contributed by atoms with Crippen LogP contribution in [0.15, 0.2) is 36.4 Å². The monoisotopic (exact) mass is 490 g/mol. The molecule has 0 saturated heterocycles. The lowest BCUT2D eigenvalue weighted by Gasteiger charge is -2.31. The van der Waals surface area contributed by atoms with Gasteiger partial charge in [0.15, 0.2) is 15.3 Å². The summed E-state index contributed by atoms with van der Waals surface area (Å²) in [5.41, 5.74) is 3.98. The number of ether oxygens (including phenoxy) is 2. The van der Waals surface area contributed by atoms with Crippen LogP contribution in [0.3, 0.4) is 0 Å². The van der Waals surface area contributed by atoms with Crippen LogP contribution in [0, 0.1) is 6.92 Å². The van der Waals surface area contributed by atoms with Gasteiger partial charge in [-0.1, -0.05) is 18.2 Å². The molecule has 3 rings (SSSR count). The summed E-state index contributed by atoms with van der Waals surface area (Å²) in [6.07, 6.45) is 0.258. The molecule has 0 bridgehead atoms. The SMILES string of the molecule is CCOPOCCN(CC(OC)OC)C(C)Cc1cc(C)cc(-n2nc3ccccc3n2)c1O. The normalized spacial score (nSPS) is 13.1. The van der Waals surface area contributed by atoms with E-state index in [0.717, 1.165) is 22.2 Å². The average Bonchev–Trinajstić information content (AvgIpc) is 3.27. The third-order valence-electron chi connectivity index (χ3n) is 5.61. The van der Waals surface area contributed by atoms with Crippen molar-refractivity contribution in [2.45, 2.75) is 39.5 Å². The van der Waals surface area contributed by atoms with Crippen LogP contribution in [0.2, 0.25) is 0 Å². The van der Waals surface area contributed by atoms with Gasteiger partial charge < -0.3 is 23.6 Å². The summed E-state index contributed by atoms with van der Waals surface area (Å²) in [6.45, 7) is 8.47. The number of rotatable bonds is 14. The van der Waals surface area contributed by atoms with Gasteiger partial charge in [-0.3, -0.25) is 4.90 Å². The Morgan fingerprint density at radius 1 is 1.09 bits per heavy atom. The van der Waals surface area contributed by atoms with Crippen LogP contribution in [0.25, 0.3) is 16.7 Å². The minimum atomic E-state index is -0.362. The Bertz CT molecular complexity index is 1010. The lowest BCUT2D eigenvalue weighted by atomic mass is 10.0. The van der Waals surface area contributed by atoms with Crippen molar-refractivity contribution in [3.8, 4) is 11.4 Å². The van der Waals surface area contributed by atoms with Crippen molar-refractivity contribution in [2.24, 2.45) is 0 Å². The van der Waals surface area contributed by atoms with Crippen LogP contribution in [-0.2, 0) is 24.9 Å². The fraction of sp³-hybridized carbons (Fsp3) is 0.500. The first-order valence-corrected chi connectivity index (χ1v) is 12.2. The molecule has 3 aromatic rings. The summed E-state index contributed by atoms with van der Waals surface area (Å²) in [4.78, 5) is 3.74. The van der Waals surface area contributed by atoms with Crippen molar-refractivity contribution in [1.29, 1.82) is 0 Å². The van der Waals surface area contributed by atoms with Gasteiger partial charge in [-0.05, 0) is 56.5 Å². The molecular weight excluding hydrogens is 455 g/mol. The van der Waals surface area contributed by atoms with Gasteiger partial charge in [-0.15, -0.1) is 15.0 Å². The van der Waals surface area contributed by atoms with Gasteiger partial charge >= 0.3 is 0 Å². The number of aryl methyl sites for hydroxylation is 1. The molecule has 2 atom stereocenters. The number of hydrogen-bond acceptors (Lipinski definition) is 8. The predicted octanol–water partition coefficient (Wildman–Crippen LogP) is 3.85. The number of phenolic OH excluding ortho intramolecular Hbond substituents is 1. The van der Waals surface area contributed by atoms with Gasteiger partial charge in [0.25, 0.3) is 0 Å². The molecule has 0 fully saturated rings. The van der Waals surface area contributed by atoms with Gasteiger partial charge in [0.1, 0.15) is 22.5 Å². The third-order valence-corrected chi connectivity index (χ3v) is 6.33. The van der Waals surface area contributed by atoms with Gasteiger partial charge in [0.2, 0.25) is 0 Å². The molecule has 1 N–H and O–H groups in total. The molecule has 34 heavy (non-hydrogen) atoms. The minimum absolute atomic E-state index is 0.0234. The fourth-order valence-corrected chi connectivity index (χ4v) is 4.17. The summed E-state index contributed by atoms with van der Waals surface area (Å²) in [5.74, 6) is 0.182. The molecule has 0 aliphatic rings. The molecule has 0 aliphatic heterocycles. The number of phenols is 1. The van der Waals surface area contributed by atoms with E-state index in [4.69, 9.17) is 18.5 Å². The Kier molecular flexibility index (Phi) is 10.2. The number of nitrogens with zero attached hydrogens (tertiary/aromatic N) is 4. The highest BCUT2D eigenvalue weighted by atomic mass is 31.1. The van der Waals surface area contributed by atoms with E-state index in [0.29, 0.717) is 38.4 Å². The molecule has 0 aliphatic carbocycles. The van der Waals surface area contributed by atoms with Gasteiger partial charge in [0, 0.05) is 33.4 Å². The average molecular weight is 491 g/mol. The van der Waals surface area contributed by atoms with Gasteiger partial charge in [-0.2, -0.15) is 0 Å². The number of aromatic hydroxyl groups is 1. The first-order valence-electron chi connectivity index (χ1n) is 11.4. The minimum Gasteiger partial charge on any atom is -0.505 e. The zero-order valence-corrected chi connectivity index (χ0v) is 21.5. The third kappa shape index (κ3) is 6.95. The smallest absolute Gasteiger partial charge is 0.169 e. The van der Waals surface area contributed by atoms with Crippen molar-refractivity contribution in [3.05, 3.63) is 47.5 Å². The Morgan fingerprint density at radius 3 is 2.38 bits per heavy atom. The summed E-state index contributed by atoms with van der Waals surface area (Å²) >= 11 is 0. The molecule has 0 radical (unpaired) electrons. The molecular formula is C24H35N4O5P. The largest absolute Gasteiger partial charge is 0.505 e. The molecule has 0 spiro atoms. The molecule has 1 aromatic heterocycles. The van der Waals surface area contributed by atoms with Gasteiger partial charge in [-0.25, -0.2) is 0 Å². The van der Waals surface area contributed by atoms with Crippen LogP contribution in [0.5, 0.6) is 5.75 Å². The molecule has 2 unspecified atom stereocenters. The predicted molar refractivity (Wildman–Crippen MR) is 134 cm³/mol. The zero-order chi connectivity index (χ0) is 24.5. The van der Waals surface area contributed by atoms with Crippen LogP contribution in [-0.4, -0.2) is 77.9 Å². The van der Waals surface area contributed by atoms with Gasteiger partial charge in [0.05, 0.1) is 13.2 Å². The second kappa shape index (κ2) is 13.1. The molecule has 2 aromatic carbocycles. The van der Waals surface area contributed by atoms with Crippen LogP contribution in [0.4, 0.5) is 0 Å². The Labute approximate surface area is 202 Å². The summed E-state index contributed by atoms with van der Waals surface area (Å²) in [5, 5.41) is 20.2. The topological polar surface area (TPSA) is 91.1 Å². The Hall–Kier alpha value is -2.13. The van der Waals surface area contributed by atoms with E-state index in [1.54, 1.807) is 14.2 Å². The highest BCUT2D eigenvalue weighted by Crippen LogP contribution is 2.30. The van der Waals surface area contributed by atoms with E-state index in [2.05, 4.69) is 22.0 Å². The summed E-state index contributed by atoms with van der Waals surface area (Å²) in [7, 11) is 3.28. The first kappa shape index (κ1) is 26.5. The number of aromatic nitrogens is 3. The van der Waals surface area contributed by atoms with Crippen molar-refractivity contribution >= 4 is 20.1 Å². The maximum Gasteiger partial charge on any atom is 0.169 e. The highest BCUT2D eigenvalue weighted by molar-refractivity contribution is 7.26. The van der Waals surface area contributed by atoms with E-state index < -0.39 is 0 Å². The van der Waals surface area contributed by atoms with Crippen molar-refractivity contribution in [2.75, 3.05) is 40.5 Å². The second-order valence-corrected chi connectivity index (χ2v) is 8.83. The molecule has 0 saturated carbocycles. The maximum absolute atomic E-state index is 11.2. The maximum atomic E-state index is 11.2. The van der Waals surface area contributed by atoms with Crippen molar-refractivity contribution in [1.82, 2.24) is 19.9 Å². The van der Waals surface area contributed by atoms with Crippen LogP contribution >= 0.6 is 9.03 Å². The van der Waals surface area contributed by atoms with E-state index in [1.807, 2.05) is 50.2 Å². The Balaban J connectivity index is 1.80. The zero-order valence-electron chi connectivity index (χ0n) is 20.5. The standard InChI is InChI=1S/C24H35N4O5P/c1-6-32-34-33-12-11-27(16-23(30-4)31-5)18(3)15-19-13-17(2)14-22(24(19)29)28-25-20-9-7-8-10-21(20)26-28/h7-10,13-14,18,23,29,34H,6,11-12,15-16H2,1-5H3. The van der Waals surface area contributed by atoms with Crippen molar-refractivity contribution < 1.29 is 23.6 Å². The number of hydrogen-bond donors (Lipinski definition) is 1. The van der Waals surface area contributed by atoms with E-state index in [9.17, 15) is 5.11 Å². The second-order valence-electron chi connectivity index (χ2n) is 8.08. The fourth-order valence-electron chi connectivity index (χ4n) is 3.79. The highest BCUT2D eigenvalue weighted by Gasteiger charge is 2.22. The summed E-state index contributed by atoms with van der Waals surface area (Å²) < 4.78 is 21.8. The quantitative estimate of drug-likeness (QED) is 0.207. The van der Waals surface area contributed by atoms with Crippen LogP contribution in [0.1, 0.15) is 25.0 Å². The molecule has 9 nitrogen and oxygen atoms in total. The summed E-state index contributed by atoms with van der Waals surface area (Å²) in [6, 6.07) is 11.6. The number of methoxy groups -OCH3 is 2. The molecule has 10 heteroatoms. The van der Waals surface area contributed by atoms with E-state index in [-0.39, 0.29) is 27.1 Å². The lowest BCUT2D eigenvalue weighted by Crippen LogP contribution is -2.43. The van der Waals surface area contributed by atoms with Crippen LogP contribution < -0.4 is 0 Å². The molecule has 1 heterocycles. The lowest BCUT2D eigenvalue weighted by molar-refractivity contribution is -0.120. The Morgan fingerprint density at radius 2 is 1.76 bits per heavy atom. The van der Waals surface area contributed by atoms with Crippen molar-refractivity contribution in [3.63, 3.8) is 0 Å². The molecule has 0 amide bonds. The molecule has 186 valence electrons. The number of benzene rings is 2. The number of fused-ring (bicyclic) bond motifs is 1. The van der Waals surface area contributed by atoms with E-state index in [1.165, 1.54) is 4.80 Å². The first-order chi connectivity index (χ1) is 16.5. The van der Waals surface area contributed by atoms with E-state index >= 15 is 0 Å².